The predicted octanol–water partition coefficient (Wildman–Crippen LogP) is 1.94. The Morgan fingerprint density at radius 1 is 1.10 bits per heavy atom. The highest BCUT2D eigenvalue weighted by molar-refractivity contribution is 6.09. The number of halogens is 6. The molecular weight excluding hydrogens is 546 g/mol. The zero-order chi connectivity index (χ0) is 30.1. The fraction of sp³-hybridized carbons (Fsp3) is 0.500. The summed E-state index contributed by atoms with van der Waals surface area (Å²) in [4.78, 5) is 61.3. The van der Waals surface area contributed by atoms with E-state index in [1.165, 1.54) is 33.0 Å². The Balaban J connectivity index is 0.000000673. The first-order chi connectivity index (χ1) is 17.7. The van der Waals surface area contributed by atoms with Crippen molar-refractivity contribution >= 4 is 35.5 Å². The minimum Gasteiger partial charge on any atom is -0.475 e. The van der Waals surface area contributed by atoms with Crippen molar-refractivity contribution < 1.29 is 60.2 Å². The number of anilines is 1. The Morgan fingerprint density at radius 2 is 1.62 bits per heavy atom. The zero-order valence-electron chi connectivity index (χ0n) is 20.8. The number of carboxylic acid groups (broad SMARTS) is 1. The van der Waals surface area contributed by atoms with E-state index < -0.39 is 71.1 Å². The fourth-order valence-electron chi connectivity index (χ4n) is 4.31. The number of imide groups is 1. The van der Waals surface area contributed by atoms with Crippen LogP contribution in [0, 0.1) is 11.8 Å². The van der Waals surface area contributed by atoms with Crippen LogP contribution in [0.15, 0.2) is 24.3 Å². The molecule has 0 spiro atoms. The summed E-state index contributed by atoms with van der Waals surface area (Å²) in [6.07, 6.45) is -9.57. The molecule has 1 aromatic carbocycles. The van der Waals surface area contributed by atoms with E-state index >= 15 is 0 Å². The number of alkyl halides is 6. The number of rotatable bonds is 4. The third kappa shape index (κ3) is 6.58. The molecule has 17 heteroatoms. The highest BCUT2D eigenvalue weighted by atomic mass is 19.4. The molecule has 2 heterocycles. The average molecular weight is 570 g/mol. The van der Waals surface area contributed by atoms with Gasteiger partial charge < -0.3 is 20.1 Å². The number of benzene rings is 1. The van der Waals surface area contributed by atoms with Gasteiger partial charge in [0.15, 0.2) is 0 Å². The molecule has 3 rings (SSSR count). The third-order valence-corrected chi connectivity index (χ3v) is 6.24. The largest absolute Gasteiger partial charge is 0.490 e. The van der Waals surface area contributed by atoms with E-state index in [4.69, 9.17) is 14.6 Å². The number of ether oxygens (including phenoxy) is 1. The van der Waals surface area contributed by atoms with E-state index in [1.807, 2.05) is 0 Å². The summed E-state index contributed by atoms with van der Waals surface area (Å²) in [6, 6.07) is 2.58. The number of carbonyl (C=O) groups is 5. The summed E-state index contributed by atoms with van der Waals surface area (Å²) in [6.45, 7) is 1.43. The third-order valence-electron chi connectivity index (χ3n) is 6.24. The number of urea groups is 1. The van der Waals surface area contributed by atoms with E-state index in [2.05, 4.69) is 10.6 Å². The SMILES string of the molecule is COC(=O)[C@]1(C)N[C@H](CN(C)C(=O)Nc2ccc(C(F)(F)F)cc2)[C@@H]2C(=O)N(C)C(=O)[C@@H]21.O=C(O)C(F)(F)F. The summed E-state index contributed by atoms with van der Waals surface area (Å²) in [7, 11) is 3.93. The average Bonchev–Trinajstić information content (AvgIpc) is 3.25. The Labute approximate surface area is 217 Å². The summed E-state index contributed by atoms with van der Waals surface area (Å²) in [5, 5.41) is 12.6. The number of amides is 4. The van der Waals surface area contributed by atoms with Crippen molar-refractivity contribution in [3.63, 3.8) is 0 Å². The number of nitrogens with zero attached hydrogens (tertiary/aromatic N) is 2. The topological polar surface area (TPSA) is 145 Å². The van der Waals surface area contributed by atoms with Crippen LogP contribution in [0.1, 0.15) is 12.5 Å². The van der Waals surface area contributed by atoms with E-state index in [9.17, 15) is 45.5 Å². The van der Waals surface area contributed by atoms with Crippen LogP contribution < -0.4 is 10.6 Å². The van der Waals surface area contributed by atoms with Crippen molar-refractivity contribution in [1.29, 1.82) is 0 Å². The number of methoxy groups -OCH3 is 1. The second-order valence-electron chi connectivity index (χ2n) is 8.87. The van der Waals surface area contributed by atoms with Crippen LogP contribution in [-0.4, -0.2) is 90.2 Å². The number of nitrogens with one attached hydrogen (secondary N) is 2. The molecule has 2 aliphatic rings. The number of fused-ring (bicyclic) bond motifs is 1. The van der Waals surface area contributed by atoms with Crippen LogP contribution in [0.2, 0.25) is 0 Å². The van der Waals surface area contributed by atoms with Crippen LogP contribution in [0.5, 0.6) is 0 Å². The van der Waals surface area contributed by atoms with Gasteiger partial charge in [0.05, 0.1) is 24.5 Å². The number of carboxylic acids is 1. The first-order valence-electron chi connectivity index (χ1n) is 10.9. The maximum atomic E-state index is 12.7. The summed E-state index contributed by atoms with van der Waals surface area (Å²) in [5.41, 5.74) is -2.15. The first-order valence-corrected chi connectivity index (χ1v) is 10.9. The smallest absolute Gasteiger partial charge is 0.475 e. The van der Waals surface area contributed by atoms with Gasteiger partial charge in [0, 0.05) is 32.4 Å². The molecule has 39 heavy (non-hydrogen) atoms. The molecule has 3 N–H and O–H groups in total. The van der Waals surface area contributed by atoms with Gasteiger partial charge in [-0.2, -0.15) is 26.3 Å². The molecule has 0 radical (unpaired) electrons. The van der Waals surface area contributed by atoms with Gasteiger partial charge in [-0.3, -0.25) is 24.6 Å². The number of esters is 1. The second kappa shape index (κ2) is 11.1. The lowest BCUT2D eigenvalue weighted by atomic mass is 9.81. The van der Waals surface area contributed by atoms with Crippen molar-refractivity contribution in [2.75, 3.05) is 33.1 Å². The van der Waals surface area contributed by atoms with Gasteiger partial charge in [-0.05, 0) is 31.2 Å². The summed E-state index contributed by atoms with van der Waals surface area (Å²) < 4.78 is 74.6. The molecule has 1 aromatic rings. The molecule has 2 saturated heterocycles. The second-order valence-corrected chi connectivity index (χ2v) is 8.87. The minimum absolute atomic E-state index is 0.0485. The van der Waals surface area contributed by atoms with Crippen LogP contribution in [0.4, 0.5) is 36.8 Å². The lowest BCUT2D eigenvalue weighted by Crippen LogP contribution is -2.56. The van der Waals surface area contributed by atoms with Gasteiger partial charge in [-0.25, -0.2) is 9.59 Å². The number of hydrogen-bond donors (Lipinski definition) is 3. The minimum atomic E-state index is -5.08. The lowest BCUT2D eigenvalue weighted by molar-refractivity contribution is -0.192. The quantitative estimate of drug-likeness (QED) is 0.283. The van der Waals surface area contributed by atoms with Crippen molar-refractivity contribution in [1.82, 2.24) is 15.1 Å². The fourth-order valence-corrected chi connectivity index (χ4v) is 4.31. The zero-order valence-corrected chi connectivity index (χ0v) is 20.8. The van der Waals surface area contributed by atoms with Gasteiger partial charge in [0.1, 0.15) is 5.54 Å². The van der Waals surface area contributed by atoms with Crippen LogP contribution in [0.25, 0.3) is 0 Å². The van der Waals surface area contributed by atoms with Gasteiger partial charge in [0.25, 0.3) is 0 Å². The molecule has 2 fully saturated rings. The van der Waals surface area contributed by atoms with Crippen molar-refractivity contribution in [2.45, 2.75) is 30.9 Å². The summed E-state index contributed by atoms with van der Waals surface area (Å²) in [5.74, 6) is -6.31. The molecule has 216 valence electrons. The number of likely N-dealkylation sites (tertiary alicyclic amines) is 1. The Kier molecular flexibility index (Phi) is 8.90. The number of aliphatic carboxylic acids is 1. The molecule has 4 amide bonds. The molecule has 0 bridgehead atoms. The lowest BCUT2D eigenvalue weighted by Gasteiger charge is -2.29. The monoisotopic (exact) mass is 570 g/mol. The molecule has 0 saturated carbocycles. The van der Waals surface area contributed by atoms with Crippen molar-refractivity contribution in [2.24, 2.45) is 11.8 Å². The molecule has 11 nitrogen and oxygen atoms in total. The maximum Gasteiger partial charge on any atom is 0.490 e. The maximum absolute atomic E-state index is 12.7. The Bertz CT molecular complexity index is 1140. The van der Waals surface area contributed by atoms with Crippen LogP contribution in [-0.2, 0) is 30.1 Å². The Morgan fingerprint density at radius 3 is 2.05 bits per heavy atom. The molecule has 0 aromatic heterocycles. The van der Waals surface area contributed by atoms with Crippen LogP contribution >= 0.6 is 0 Å². The van der Waals surface area contributed by atoms with Gasteiger partial charge in [-0.1, -0.05) is 0 Å². The van der Waals surface area contributed by atoms with Crippen LogP contribution in [0.3, 0.4) is 0 Å². The van der Waals surface area contributed by atoms with E-state index in [1.54, 1.807) is 0 Å². The number of carbonyl (C=O) groups excluding carboxylic acids is 4. The normalized spacial score (nSPS) is 24.5. The molecular formula is C22H24F6N4O7. The van der Waals surface area contributed by atoms with Gasteiger partial charge in [-0.15, -0.1) is 0 Å². The number of likely N-dealkylation sites (N-methyl/N-ethyl adjacent to an activating group) is 1. The highest BCUT2D eigenvalue weighted by Gasteiger charge is 2.66. The first kappa shape index (κ1) is 31.3. The van der Waals surface area contributed by atoms with E-state index in [0.717, 1.165) is 29.2 Å². The van der Waals surface area contributed by atoms with E-state index in [0.29, 0.717) is 0 Å². The van der Waals surface area contributed by atoms with E-state index in [-0.39, 0.29) is 12.2 Å². The van der Waals surface area contributed by atoms with Crippen molar-refractivity contribution in [3.05, 3.63) is 29.8 Å². The predicted molar refractivity (Wildman–Crippen MR) is 119 cm³/mol. The molecule has 0 unspecified atom stereocenters. The molecule has 4 atom stereocenters. The van der Waals surface area contributed by atoms with Gasteiger partial charge in [0.2, 0.25) is 11.8 Å². The highest BCUT2D eigenvalue weighted by Crippen LogP contribution is 2.43. The Hall–Kier alpha value is -3.89. The standard InChI is InChI=1S/C20H23F3N4O5.C2HF3O2/c1-19(17(30)32-4)14-13(15(28)27(3)16(14)29)12(25-19)9-26(2)18(31)24-11-7-5-10(6-8-11)20(21,22)23;3-2(4,5)1(6)7/h5-8,12-14,25H,9H2,1-4H3,(H,24,31);(H,6,7)/t12-,13+,14-,19-;/m1./s1. The summed E-state index contributed by atoms with van der Waals surface area (Å²) >= 11 is 0. The number of hydrogen-bond acceptors (Lipinski definition) is 7. The van der Waals surface area contributed by atoms with Crippen molar-refractivity contribution in [3.8, 4) is 0 Å². The molecule has 0 aliphatic carbocycles. The molecule has 2 aliphatic heterocycles. The van der Waals surface area contributed by atoms with Gasteiger partial charge >= 0.3 is 30.3 Å².